The molecule has 0 spiro atoms. The van der Waals surface area contributed by atoms with Crippen molar-refractivity contribution in [2.75, 3.05) is 17.6 Å². The zero-order valence-electron chi connectivity index (χ0n) is 22.0. The van der Waals surface area contributed by atoms with Crippen molar-refractivity contribution >= 4 is 41.9 Å². The van der Waals surface area contributed by atoms with E-state index in [-0.39, 0.29) is 34.2 Å². The molecule has 4 saturated carbocycles. The summed E-state index contributed by atoms with van der Waals surface area (Å²) in [5.41, 5.74) is 1.25. The molecule has 0 radical (unpaired) electrons. The molecule has 5 aliphatic rings. The third-order valence-corrected chi connectivity index (χ3v) is 11.1. The van der Waals surface area contributed by atoms with Gasteiger partial charge >= 0.3 is 5.97 Å². The summed E-state index contributed by atoms with van der Waals surface area (Å²) in [4.78, 5) is 34.2. The molecule has 2 aromatic rings. The molecule has 3 heterocycles. The summed E-state index contributed by atoms with van der Waals surface area (Å²) < 4.78 is 19.5. The lowest BCUT2D eigenvalue weighted by Crippen LogP contribution is -2.61. The van der Waals surface area contributed by atoms with E-state index >= 15 is 0 Å². The zero-order valence-corrected chi connectivity index (χ0v) is 23.6. The number of aliphatic hydroxyl groups excluding tert-OH is 2. The summed E-state index contributed by atoms with van der Waals surface area (Å²) in [5, 5.41) is 34.0. The van der Waals surface area contributed by atoms with Gasteiger partial charge in [0.15, 0.2) is 23.2 Å². The van der Waals surface area contributed by atoms with Crippen molar-refractivity contribution in [2.45, 2.75) is 88.9 Å². The molecule has 0 aromatic carbocycles. The topological polar surface area (TPSA) is 180 Å². The average molecular weight is 584 g/mol. The van der Waals surface area contributed by atoms with Crippen LogP contribution in [-0.4, -0.2) is 81.9 Å². The quantitative estimate of drug-likeness (QED) is 0.228. The Morgan fingerprint density at radius 3 is 2.51 bits per heavy atom. The number of nitrogens with zero attached hydrogens (tertiary/aromatic N) is 4. The molecule has 5 fully saturated rings. The molecule has 1 saturated heterocycles. The number of hydrogen-bond acceptors (Lipinski definition) is 9. The van der Waals surface area contributed by atoms with Gasteiger partial charge < -0.3 is 30.3 Å². The Balaban J connectivity index is 1.26. The minimum Gasteiger partial charge on any atom is -0.481 e. The molecular weight excluding hydrogens is 549 g/mol. The molecule has 1 aliphatic heterocycles. The lowest BCUT2D eigenvalue weighted by atomic mass is 9.43. The first-order valence-electron chi connectivity index (χ1n) is 13.4. The van der Waals surface area contributed by atoms with Gasteiger partial charge in [0.05, 0.1) is 12.4 Å². The smallest absolute Gasteiger partial charge is 0.313 e. The third kappa shape index (κ3) is 4.97. The van der Waals surface area contributed by atoms with E-state index in [0.29, 0.717) is 22.9 Å². The van der Waals surface area contributed by atoms with E-state index in [1.807, 2.05) is 0 Å². The fourth-order valence-electron chi connectivity index (χ4n) is 8.82. The van der Waals surface area contributed by atoms with Crippen LogP contribution in [0, 0.1) is 16.7 Å². The molecule has 0 amide bonds. The van der Waals surface area contributed by atoms with Crippen molar-refractivity contribution in [3.05, 3.63) is 11.6 Å². The second-order valence-corrected chi connectivity index (χ2v) is 16.0. The van der Waals surface area contributed by atoms with Gasteiger partial charge in [-0.25, -0.2) is 4.98 Å². The Labute approximate surface area is 230 Å². The molecule has 39 heavy (non-hydrogen) atoms. The van der Waals surface area contributed by atoms with Crippen LogP contribution in [0.3, 0.4) is 0 Å². The summed E-state index contributed by atoms with van der Waals surface area (Å²) in [6.07, 6.45) is 2.20. The van der Waals surface area contributed by atoms with Crippen LogP contribution < -0.4 is 5.32 Å². The lowest BCUT2D eigenvalue weighted by molar-refractivity contribution is -0.134. The van der Waals surface area contributed by atoms with Crippen LogP contribution in [0.4, 0.5) is 5.82 Å². The monoisotopic (exact) mass is 583 g/mol. The first-order chi connectivity index (χ1) is 18.2. The molecule has 214 valence electrons. The van der Waals surface area contributed by atoms with Gasteiger partial charge in [-0.1, -0.05) is 13.8 Å². The van der Waals surface area contributed by atoms with E-state index in [9.17, 15) is 24.5 Å². The van der Waals surface area contributed by atoms with Crippen molar-refractivity contribution in [2.24, 2.45) is 16.7 Å². The predicted molar refractivity (Wildman–Crippen MR) is 142 cm³/mol. The van der Waals surface area contributed by atoms with Crippen molar-refractivity contribution in [3.8, 4) is 0 Å². The summed E-state index contributed by atoms with van der Waals surface area (Å²) >= 11 is 6.37. The highest BCUT2D eigenvalue weighted by atomic mass is 35.5. The largest absolute Gasteiger partial charge is 0.481 e. The molecule has 4 aliphatic carbocycles. The van der Waals surface area contributed by atoms with Gasteiger partial charge in [0.1, 0.15) is 18.4 Å². The average Bonchev–Trinajstić information content (AvgIpc) is 3.30. The molecular formula is C25H35ClN5O7P. The van der Waals surface area contributed by atoms with E-state index in [4.69, 9.17) is 21.4 Å². The van der Waals surface area contributed by atoms with Crippen LogP contribution in [0.1, 0.15) is 65.0 Å². The molecule has 4 unspecified atom stereocenters. The highest BCUT2D eigenvalue weighted by Crippen LogP contribution is 2.67. The maximum atomic E-state index is 12.2. The van der Waals surface area contributed by atoms with Crippen molar-refractivity contribution in [1.82, 2.24) is 19.5 Å². The second kappa shape index (κ2) is 9.09. The number of carbonyl (C=O) groups is 1. The number of aliphatic hydroxyl groups is 2. The summed E-state index contributed by atoms with van der Waals surface area (Å²) in [5.74, 6) is -0.189. The molecule has 9 atom stereocenters. The van der Waals surface area contributed by atoms with Crippen LogP contribution in [-0.2, 0) is 14.1 Å². The van der Waals surface area contributed by atoms with E-state index in [2.05, 4.69) is 34.1 Å². The van der Waals surface area contributed by atoms with E-state index < -0.39 is 44.0 Å². The van der Waals surface area contributed by atoms with Gasteiger partial charge in [-0.2, -0.15) is 9.97 Å². The number of fused-ring (bicyclic) bond motifs is 1. The van der Waals surface area contributed by atoms with Gasteiger partial charge in [-0.15, -0.1) is 0 Å². The Kier molecular flexibility index (Phi) is 6.38. The minimum absolute atomic E-state index is 0.00776. The van der Waals surface area contributed by atoms with E-state index in [1.165, 1.54) is 30.2 Å². The van der Waals surface area contributed by atoms with Crippen molar-refractivity contribution in [3.63, 3.8) is 0 Å². The van der Waals surface area contributed by atoms with Crippen LogP contribution in [0.2, 0.25) is 5.28 Å². The first kappa shape index (κ1) is 27.4. The number of hydrogen-bond donors (Lipinski definition) is 5. The summed E-state index contributed by atoms with van der Waals surface area (Å²) in [6.45, 7) is 4.78. The van der Waals surface area contributed by atoms with E-state index in [0.717, 1.165) is 19.3 Å². The standard InChI is InChI=1S/C25H35ClN5O7P/c1-23-5-13-6-24(2,9-23)11-25(7-13,10-23)30-19-16-20(29-22(26)28-19)31(12-27-16)21-18(35)17(34)14(38-21)3-4-39(36,37)8-15(32)33/h12-14,17-18,21,34-35H,3-11H2,1-2H3,(H,32,33)(H,36,37)(H,28,29,30)/t13?,14-,17?,18+,21-,23-,24+,25?/m1/s1. The number of carboxylic acid groups (broad SMARTS) is 1. The maximum absolute atomic E-state index is 12.2. The van der Waals surface area contributed by atoms with Gasteiger partial charge in [0.2, 0.25) is 12.7 Å². The van der Waals surface area contributed by atoms with Gasteiger partial charge in [-0.05, 0) is 73.3 Å². The molecule has 7 rings (SSSR count). The predicted octanol–water partition coefficient (Wildman–Crippen LogP) is 3.00. The number of aliphatic carboxylic acids is 1. The number of nitrogens with one attached hydrogen (secondary N) is 1. The Hall–Kier alpha value is -1.82. The Morgan fingerprint density at radius 1 is 1.18 bits per heavy atom. The molecule has 14 heteroatoms. The van der Waals surface area contributed by atoms with Crippen molar-refractivity contribution in [1.29, 1.82) is 0 Å². The first-order valence-corrected chi connectivity index (χ1v) is 15.8. The number of rotatable bonds is 8. The van der Waals surface area contributed by atoms with E-state index in [1.54, 1.807) is 0 Å². The number of imidazole rings is 1. The number of carboxylic acids is 1. The molecule has 2 aromatic heterocycles. The van der Waals surface area contributed by atoms with Crippen molar-refractivity contribution < 1.29 is 34.3 Å². The minimum atomic E-state index is -3.96. The van der Waals surface area contributed by atoms with Gasteiger partial charge in [0, 0.05) is 11.7 Å². The number of halogens is 1. The molecule has 12 nitrogen and oxygen atoms in total. The number of aromatic nitrogens is 4. The van der Waals surface area contributed by atoms with Gasteiger partial charge in [-0.3, -0.25) is 13.9 Å². The zero-order chi connectivity index (χ0) is 28.0. The third-order valence-electron chi connectivity index (χ3n) is 9.16. The van der Waals surface area contributed by atoms with Crippen LogP contribution >= 0.6 is 19.0 Å². The fourth-order valence-corrected chi connectivity index (χ4v) is 10.2. The maximum Gasteiger partial charge on any atom is 0.313 e. The number of ether oxygens (including phenoxy) is 1. The highest BCUT2D eigenvalue weighted by molar-refractivity contribution is 7.58. The van der Waals surface area contributed by atoms with Gasteiger partial charge in [0.25, 0.3) is 0 Å². The Morgan fingerprint density at radius 2 is 1.87 bits per heavy atom. The molecule has 5 N–H and O–H groups in total. The number of anilines is 1. The Bertz CT molecular complexity index is 1350. The van der Waals surface area contributed by atoms with Crippen LogP contribution in [0.15, 0.2) is 6.33 Å². The molecule has 4 bridgehead atoms. The summed E-state index contributed by atoms with van der Waals surface area (Å²) in [7, 11) is -3.96. The normalized spacial score (nSPS) is 40.7. The van der Waals surface area contributed by atoms with Crippen LogP contribution in [0.5, 0.6) is 0 Å². The summed E-state index contributed by atoms with van der Waals surface area (Å²) in [6, 6.07) is 0. The fraction of sp³-hybridized carbons (Fsp3) is 0.760. The van der Waals surface area contributed by atoms with Crippen LogP contribution in [0.25, 0.3) is 11.2 Å². The highest BCUT2D eigenvalue weighted by Gasteiger charge is 2.60. The lowest BCUT2D eigenvalue weighted by Gasteiger charge is -2.65. The second-order valence-electron chi connectivity index (χ2n) is 13.2. The SMILES string of the molecule is C[C@]12CC3CC(Nc4nc(Cl)nc5c4ncn5[C@@H]4O[C@H](CCP(=O)(O)CC(=O)O)C(O)[C@@H]4O)(C1)C[C@@](C)(C3)C2.